The van der Waals surface area contributed by atoms with E-state index in [0.717, 1.165) is 36.5 Å². The largest absolute Gasteiger partial charge is 0.338 e. The number of nitrogens with zero attached hydrogens (tertiary/aromatic N) is 7. The molecule has 3 aromatic rings. The van der Waals surface area contributed by atoms with Crippen LogP contribution in [-0.4, -0.2) is 54.1 Å². The molecule has 8 heteroatoms. The molecule has 0 saturated carbocycles. The molecule has 0 spiro atoms. The lowest BCUT2D eigenvalue weighted by atomic mass is 9.94. The van der Waals surface area contributed by atoms with E-state index in [2.05, 4.69) is 25.5 Å². The van der Waals surface area contributed by atoms with Crippen molar-refractivity contribution in [3.8, 4) is 0 Å². The van der Waals surface area contributed by atoms with Crippen molar-refractivity contribution in [1.82, 2.24) is 35.1 Å². The zero-order valence-corrected chi connectivity index (χ0v) is 15.2. The second-order valence-corrected chi connectivity index (χ2v) is 6.81. The van der Waals surface area contributed by atoms with Crippen LogP contribution in [0.5, 0.6) is 0 Å². The average molecular weight is 363 g/mol. The molecular weight excluding hydrogens is 342 g/mol. The first-order chi connectivity index (χ1) is 13.2. The van der Waals surface area contributed by atoms with Gasteiger partial charge in [-0.2, -0.15) is 0 Å². The van der Waals surface area contributed by atoms with Crippen LogP contribution < -0.4 is 0 Å². The Morgan fingerprint density at radius 1 is 1.22 bits per heavy atom. The van der Waals surface area contributed by atoms with Crippen LogP contribution in [0.3, 0.4) is 0 Å². The normalized spacial score (nSPS) is 17.1. The molecule has 1 atom stereocenters. The van der Waals surface area contributed by atoms with Gasteiger partial charge in [0.15, 0.2) is 0 Å². The summed E-state index contributed by atoms with van der Waals surface area (Å²) in [6.07, 6.45) is 5.36. The number of carbonyl (C=O) groups excluding carboxylic acids is 1. The summed E-state index contributed by atoms with van der Waals surface area (Å²) >= 11 is 0. The van der Waals surface area contributed by atoms with Gasteiger partial charge in [0.25, 0.3) is 5.91 Å². The molecular formula is C19H21N7O. The summed E-state index contributed by atoms with van der Waals surface area (Å²) in [6, 6.07) is 9.62. The Morgan fingerprint density at radius 3 is 2.78 bits per heavy atom. The van der Waals surface area contributed by atoms with Gasteiger partial charge in [-0.25, -0.2) is 14.6 Å². The van der Waals surface area contributed by atoms with Crippen molar-refractivity contribution < 1.29 is 4.79 Å². The van der Waals surface area contributed by atoms with E-state index >= 15 is 0 Å². The molecule has 1 fully saturated rings. The van der Waals surface area contributed by atoms with Gasteiger partial charge in [0.05, 0.1) is 6.54 Å². The minimum Gasteiger partial charge on any atom is -0.338 e. The molecule has 27 heavy (non-hydrogen) atoms. The molecule has 2 aromatic heterocycles. The molecule has 0 aliphatic carbocycles. The molecule has 1 aromatic carbocycles. The molecule has 0 radical (unpaired) electrons. The number of likely N-dealkylation sites (tertiary alicyclic amines) is 1. The number of carbonyl (C=O) groups is 1. The topological polar surface area (TPSA) is 89.7 Å². The highest BCUT2D eigenvalue weighted by molar-refractivity contribution is 5.94. The van der Waals surface area contributed by atoms with E-state index in [4.69, 9.17) is 0 Å². The van der Waals surface area contributed by atoms with Crippen molar-refractivity contribution >= 4 is 5.91 Å². The first kappa shape index (κ1) is 17.3. The zero-order chi connectivity index (χ0) is 18.6. The van der Waals surface area contributed by atoms with Gasteiger partial charge in [0, 0.05) is 36.5 Å². The third-order valence-corrected chi connectivity index (χ3v) is 4.98. The van der Waals surface area contributed by atoms with Crippen molar-refractivity contribution in [3.63, 3.8) is 0 Å². The second-order valence-electron chi connectivity index (χ2n) is 6.81. The van der Waals surface area contributed by atoms with Crippen LogP contribution in [0.25, 0.3) is 0 Å². The Bertz CT molecular complexity index is 907. The summed E-state index contributed by atoms with van der Waals surface area (Å²) in [5.74, 6) is 1.10. The fourth-order valence-electron chi connectivity index (χ4n) is 3.45. The average Bonchev–Trinajstić information content (AvgIpc) is 3.13. The van der Waals surface area contributed by atoms with Crippen molar-refractivity contribution in [1.29, 1.82) is 0 Å². The number of piperidine rings is 1. The molecule has 4 rings (SSSR count). The number of tetrazole rings is 1. The lowest BCUT2D eigenvalue weighted by Crippen LogP contribution is -2.39. The van der Waals surface area contributed by atoms with Gasteiger partial charge < -0.3 is 4.90 Å². The van der Waals surface area contributed by atoms with Crippen LogP contribution in [0.4, 0.5) is 0 Å². The van der Waals surface area contributed by atoms with Crippen molar-refractivity contribution in [2.24, 2.45) is 0 Å². The molecule has 1 aliphatic heterocycles. The number of hydrogen-bond donors (Lipinski definition) is 0. The third kappa shape index (κ3) is 3.84. The molecule has 1 amide bonds. The highest BCUT2D eigenvalue weighted by atomic mass is 16.2. The van der Waals surface area contributed by atoms with Crippen LogP contribution in [-0.2, 0) is 6.54 Å². The number of benzene rings is 1. The van der Waals surface area contributed by atoms with Gasteiger partial charge in [-0.15, -0.1) is 5.10 Å². The Balaban J connectivity index is 1.43. The summed E-state index contributed by atoms with van der Waals surface area (Å²) in [4.78, 5) is 23.2. The number of rotatable bonds is 4. The maximum atomic E-state index is 12.9. The van der Waals surface area contributed by atoms with Crippen LogP contribution in [0, 0.1) is 6.92 Å². The summed E-state index contributed by atoms with van der Waals surface area (Å²) in [5.41, 5.74) is 2.77. The van der Waals surface area contributed by atoms with Gasteiger partial charge in [-0.05, 0) is 54.0 Å². The van der Waals surface area contributed by atoms with E-state index in [1.807, 2.05) is 42.2 Å². The second kappa shape index (κ2) is 7.61. The van der Waals surface area contributed by atoms with Gasteiger partial charge in [-0.1, -0.05) is 12.1 Å². The molecule has 0 unspecified atom stereocenters. The third-order valence-electron chi connectivity index (χ3n) is 4.98. The van der Waals surface area contributed by atoms with E-state index < -0.39 is 0 Å². The quantitative estimate of drug-likeness (QED) is 0.703. The molecule has 1 aliphatic rings. The fourth-order valence-corrected chi connectivity index (χ4v) is 3.45. The van der Waals surface area contributed by atoms with Crippen LogP contribution in [0.15, 0.2) is 42.9 Å². The molecule has 138 valence electrons. The van der Waals surface area contributed by atoms with E-state index in [0.29, 0.717) is 18.7 Å². The number of aromatic nitrogens is 6. The number of hydrogen-bond acceptors (Lipinski definition) is 6. The zero-order valence-electron chi connectivity index (χ0n) is 15.2. The molecule has 1 saturated heterocycles. The maximum Gasteiger partial charge on any atom is 0.253 e. The standard InChI is InChI=1S/C19H21N7O/c1-14-22-23-24-26(14)11-15-4-6-16(7-5-15)19(27)25-10-2-3-17(12-25)18-8-9-20-13-21-18/h4-9,13,17H,2-3,10-12H2,1H3/t17-/m0/s1. The van der Waals surface area contributed by atoms with Crippen molar-refractivity contribution in [2.45, 2.75) is 32.2 Å². The van der Waals surface area contributed by atoms with E-state index in [1.165, 1.54) is 0 Å². The Labute approximate surface area is 157 Å². The van der Waals surface area contributed by atoms with Crippen molar-refractivity contribution in [2.75, 3.05) is 13.1 Å². The Kier molecular flexibility index (Phi) is 4.86. The van der Waals surface area contributed by atoms with E-state index in [-0.39, 0.29) is 11.8 Å². The molecule has 8 nitrogen and oxygen atoms in total. The minimum atomic E-state index is 0.0684. The van der Waals surface area contributed by atoms with Gasteiger partial charge >= 0.3 is 0 Å². The van der Waals surface area contributed by atoms with Gasteiger partial charge in [-0.3, -0.25) is 4.79 Å². The summed E-state index contributed by atoms with van der Waals surface area (Å²) < 4.78 is 1.73. The molecule has 0 N–H and O–H groups in total. The number of amides is 1. The number of aryl methyl sites for hydroxylation is 1. The SMILES string of the molecule is Cc1nnnn1Cc1ccc(C(=O)N2CCC[C@H](c3ccncn3)C2)cc1. The van der Waals surface area contributed by atoms with Crippen LogP contribution >= 0.6 is 0 Å². The summed E-state index contributed by atoms with van der Waals surface area (Å²) in [5, 5.41) is 11.5. The first-order valence-corrected chi connectivity index (χ1v) is 9.07. The van der Waals surface area contributed by atoms with Gasteiger partial charge in [0.1, 0.15) is 12.2 Å². The summed E-state index contributed by atoms with van der Waals surface area (Å²) in [7, 11) is 0. The fraction of sp³-hybridized carbons (Fsp3) is 0.368. The lowest BCUT2D eigenvalue weighted by molar-refractivity contribution is 0.0706. The van der Waals surface area contributed by atoms with E-state index in [1.54, 1.807) is 17.2 Å². The Morgan fingerprint density at radius 2 is 2.07 bits per heavy atom. The Hall–Kier alpha value is -3.16. The predicted octanol–water partition coefficient (Wildman–Crippen LogP) is 1.84. The molecule has 3 heterocycles. The van der Waals surface area contributed by atoms with Crippen LogP contribution in [0.1, 0.15) is 46.2 Å². The summed E-state index contributed by atoms with van der Waals surface area (Å²) in [6.45, 7) is 3.93. The highest BCUT2D eigenvalue weighted by Gasteiger charge is 2.26. The highest BCUT2D eigenvalue weighted by Crippen LogP contribution is 2.26. The maximum absolute atomic E-state index is 12.9. The minimum absolute atomic E-state index is 0.0684. The first-order valence-electron chi connectivity index (χ1n) is 9.07. The van der Waals surface area contributed by atoms with Gasteiger partial charge in [0.2, 0.25) is 0 Å². The predicted molar refractivity (Wildman–Crippen MR) is 98.0 cm³/mol. The van der Waals surface area contributed by atoms with Crippen molar-refractivity contribution in [3.05, 3.63) is 65.5 Å². The smallest absolute Gasteiger partial charge is 0.253 e. The monoisotopic (exact) mass is 363 g/mol. The molecule has 0 bridgehead atoms. The lowest BCUT2D eigenvalue weighted by Gasteiger charge is -2.32. The van der Waals surface area contributed by atoms with Crippen LogP contribution in [0.2, 0.25) is 0 Å². The van der Waals surface area contributed by atoms with E-state index in [9.17, 15) is 4.79 Å².